The molecule has 0 radical (unpaired) electrons. The molecule has 5 atom stereocenters. The Kier molecular flexibility index (Phi) is 20.4. The number of hydrogen-bond acceptors (Lipinski definition) is 10. The Balaban J connectivity index is -0.00000336. The fourth-order valence-electron chi connectivity index (χ4n) is 3.92. The number of carbonyl (C=O) groups is 4. The number of allylic oxidation sites excluding steroid dienone is 1. The molecule has 15 nitrogen and oxygen atoms in total. The van der Waals surface area contributed by atoms with Gasteiger partial charge >= 0.3 is 11.9 Å². The van der Waals surface area contributed by atoms with Gasteiger partial charge in [-0.2, -0.15) is 0 Å². The number of hydrogen-bond donors (Lipinski definition) is 4. The molecule has 2 aromatic rings. The summed E-state index contributed by atoms with van der Waals surface area (Å²) in [6.45, 7) is 6.13. The van der Waals surface area contributed by atoms with Crippen molar-refractivity contribution in [3.63, 3.8) is 0 Å². The van der Waals surface area contributed by atoms with Gasteiger partial charge in [0.15, 0.2) is 5.69 Å². The summed E-state index contributed by atoms with van der Waals surface area (Å²) < 4.78 is 10.9. The van der Waals surface area contributed by atoms with E-state index in [-0.39, 0.29) is 59.1 Å². The van der Waals surface area contributed by atoms with Gasteiger partial charge in [0.1, 0.15) is 17.9 Å². The molecule has 1 aliphatic rings. The molecule has 248 valence electrons. The highest BCUT2D eigenvalue weighted by molar-refractivity contribution is 5.98. The van der Waals surface area contributed by atoms with Crippen molar-refractivity contribution in [2.75, 3.05) is 0 Å². The number of nitrogens with one attached hydrogen (secondary N) is 2. The molecule has 44 heavy (non-hydrogen) atoms. The predicted molar refractivity (Wildman–Crippen MR) is 162 cm³/mol. The second-order valence-corrected chi connectivity index (χ2v) is 9.28. The highest BCUT2D eigenvalue weighted by Crippen LogP contribution is 2.21. The first-order chi connectivity index (χ1) is 18.5. The molecule has 0 spiro atoms. The third-order valence-corrected chi connectivity index (χ3v) is 6.44. The monoisotopic (exact) mass is 666 g/mol. The van der Waals surface area contributed by atoms with Crippen molar-refractivity contribution in [2.45, 2.75) is 64.8 Å². The Morgan fingerprint density at radius 1 is 1.07 bits per heavy atom. The standard InChI is InChI=1S/C27H32N4O8.2ClH.3H2O/c1-5-14(2)23-27(37)38-16(4)20(31-25(35)21-19(32)9-7-11-29-21)24(34)30-18(12-17-8-6-10-28-13-17)22(33)15(3)26(36)39-23;;;;;/h6-11,13,15-16,18,20,22,32-33H,5,12H2,1-4H3,(H,30,34)(H,31,35);2*1H;3*1H2/b23-14-;;;;;/t15-,16-,18+,20+,22+;;;;;/m1...../s1. The van der Waals surface area contributed by atoms with E-state index in [1.807, 2.05) is 0 Å². The van der Waals surface area contributed by atoms with Crippen molar-refractivity contribution >= 4 is 48.6 Å². The van der Waals surface area contributed by atoms with E-state index in [2.05, 4.69) is 20.6 Å². The molecule has 2 amide bonds. The van der Waals surface area contributed by atoms with Crippen LogP contribution in [0.2, 0.25) is 0 Å². The van der Waals surface area contributed by atoms with Crippen LogP contribution in [0.4, 0.5) is 0 Å². The van der Waals surface area contributed by atoms with Gasteiger partial charge in [0.2, 0.25) is 11.7 Å². The third kappa shape index (κ3) is 11.0. The lowest BCUT2D eigenvalue weighted by Gasteiger charge is -2.32. The van der Waals surface area contributed by atoms with E-state index in [0.717, 1.165) is 0 Å². The van der Waals surface area contributed by atoms with Crippen LogP contribution in [-0.4, -0.2) is 84.7 Å². The minimum atomic E-state index is -1.47. The van der Waals surface area contributed by atoms with Crippen molar-refractivity contribution in [3.8, 4) is 5.75 Å². The summed E-state index contributed by atoms with van der Waals surface area (Å²) in [5, 5.41) is 26.3. The molecule has 1 fully saturated rings. The van der Waals surface area contributed by atoms with Gasteiger partial charge in [0, 0.05) is 18.6 Å². The summed E-state index contributed by atoms with van der Waals surface area (Å²) in [7, 11) is 0. The highest BCUT2D eigenvalue weighted by Gasteiger charge is 2.39. The van der Waals surface area contributed by atoms with Gasteiger partial charge < -0.3 is 46.7 Å². The van der Waals surface area contributed by atoms with Crippen LogP contribution in [0.3, 0.4) is 0 Å². The number of halogens is 2. The highest BCUT2D eigenvalue weighted by atomic mass is 35.5. The van der Waals surface area contributed by atoms with E-state index in [1.54, 1.807) is 38.4 Å². The van der Waals surface area contributed by atoms with Crippen LogP contribution < -0.4 is 10.6 Å². The summed E-state index contributed by atoms with van der Waals surface area (Å²) in [5.74, 6) is -5.52. The number of pyridine rings is 2. The van der Waals surface area contributed by atoms with E-state index in [0.29, 0.717) is 17.6 Å². The van der Waals surface area contributed by atoms with Gasteiger partial charge in [-0.3, -0.25) is 19.4 Å². The van der Waals surface area contributed by atoms with E-state index >= 15 is 0 Å². The number of aliphatic hydroxyl groups excluding tert-OH is 1. The van der Waals surface area contributed by atoms with Gasteiger partial charge in [-0.25, -0.2) is 9.78 Å². The summed E-state index contributed by atoms with van der Waals surface area (Å²) in [6.07, 6.45) is 2.15. The molecule has 1 aliphatic heterocycles. The molecule has 3 rings (SSSR count). The second kappa shape index (κ2) is 20.2. The first kappa shape index (κ1) is 44.6. The third-order valence-electron chi connectivity index (χ3n) is 6.44. The fraction of sp³-hybridized carbons (Fsp3) is 0.407. The normalized spacial score (nSPS) is 22.8. The number of cyclic esters (lactones) is 2. The second-order valence-electron chi connectivity index (χ2n) is 9.28. The maximum absolute atomic E-state index is 13.6. The van der Waals surface area contributed by atoms with Crippen LogP contribution in [0.15, 0.2) is 54.2 Å². The molecule has 1 saturated heterocycles. The molecular weight excluding hydrogens is 627 g/mol. The lowest BCUT2D eigenvalue weighted by Crippen LogP contribution is -2.59. The first-order valence-electron chi connectivity index (χ1n) is 12.5. The zero-order valence-electron chi connectivity index (χ0n) is 24.4. The van der Waals surface area contributed by atoms with Gasteiger partial charge in [-0.15, -0.1) is 24.8 Å². The Bertz CT molecular complexity index is 1270. The summed E-state index contributed by atoms with van der Waals surface area (Å²) in [5.41, 5.74) is 0.733. The van der Waals surface area contributed by atoms with E-state index in [4.69, 9.17) is 9.47 Å². The van der Waals surface area contributed by atoms with Gasteiger partial charge in [0.05, 0.1) is 18.1 Å². The van der Waals surface area contributed by atoms with Gasteiger partial charge in [-0.1, -0.05) is 13.0 Å². The zero-order valence-corrected chi connectivity index (χ0v) is 26.0. The maximum atomic E-state index is 13.6. The van der Waals surface area contributed by atoms with Crippen LogP contribution >= 0.6 is 24.8 Å². The van der Waals surface area contributed by atoms with Crippen molar-refractivity contribution in [1.82, 2.24) is 20.6 Å². The Morgan fingerprint density at radius 3 is 2.27 bits per heavy atom. The van der Waals surface area contributed by atoms with Crippen LogP contribution in [-0.2, 0) is 30.3 Å². The number of carbonyl (C=O) groups excluding carboxylic acids is 4. The topological polar surface area (TPSA) is 272 Å². The number of nitrogens with zero attached hydrogens (tertiary/aromatic N) is 2. The molecule has 3 heterocycles. The molecule has 0 saturated carbocycles. The molecule has 0 aromatic carbocycles. The minimum absolute atomic E-state index is 0. The number of aliphatic hydroxyl groups is 1. The Hall–Kier alpha value is -3.86. The number of esters is 2. The molecule has 0 bridgehead atoms. The van der Waals surface area contributed by atoms with Gasteiger partial charge in [0.25, 0.3) is 5.91 Å². The van der Waals surface area contributed by atoms with Crippen molar-refractivity contribution in [1.29, 1.82) is 0 Å². The number of rotatable bonds is 5. The van der Waals surface area contributed by atoms with E-state index in [9.17, 15) is 29.4 Å². The van der Waals surface area contributed by atoms with Crippen molar-refractivity contribution in [3.05, 3.63) is 65.4 Å². The van der Waals surface area contributed by atoms with Crippen LogP contribution in [0.1, 0.15) is 50.2 Å². The summed E-state index contributed by atoms with van der Waals surface area (Å²) in [4.78, 5) is 60.3. The largest absolute Gasteiger partial charge is 0.505 e. The summed E-state index contributed by atoms with van der Waals surface area (Å²) in [6, 6.07) is 3.62. The SMILES string of the molecule is CC/C(C)=C1\OC(=O)[C@H](C)[C@H](O)[C@H](Cc2cccnc2)NC(=O)[C@@H](NC(=O)c2ncccc2O)[C@@H](C)OC1=O.Cl.Cl.O.O.O. The van der Waals surface area contributed by atoms with Crippen LogP contribution in [0.5, 0.6) is 5.75 Å². The fourth-order valence-corrected chi connectivity index (χ4v) is 3.92. The molecular formula is C27H40Cl2N4O11. The first-order valence-corrected chi connectivity index (χ1v) is 12.5. The Labute approximate surface area is 266 Å². The van der Waals surface area contributed by atoms with Gasteiger partial charge in [-0.05, 0) is 62.9 Å². The average Bonchev–Trinajstić information content (AvgIpc) is 2.92. The Morgan fingerprint density at radius 2 is 1.70 bits per heavy atom. The molecule has 0 unspecified atom stereocenters. The number of ether oxygens (including phenoxy) is 2. The van der Waals surface area contributed by atoms with Crippen LogP contribution in [0.25, 0.3) is 0 Å². The smallest absolute Gasteiger partial charge is 0.374 e. The maximum Gasteiger partial charge on any atom is 0.374 e. The van der Waals surface area contributed by atoms with Crippen LogP contribution in [0, 0.1) is 5.92 Å². The van der Waals surface area contributed by atoms with Crippen molar-refractivity contribution < 1.29 is 55.3 Å². The molecule has 10 N–H and O–H groups in total. The average molecular weight is 668 g/mol. The number of amides is 2. The zero-order chi connectivity index (χ0) is 28.7. The number of aromatic hydroxyl groups is 1. The summed E-state index contributed by atoms with van der Waals surface area (Å²) >= 11 is 0. The quantitative estimate of drug-likeness (QED) is 0.235. The predicted octanol–water partition coefficient (Wildman–Crippen LogP) is -0.453. The van der Waals surface area contributed by atoms with E-state index < -0.39 is 59.7 Å². The lowest BCUT2D eigenvalue weighted by molar-refractivity contribution is -0.161. The molecule has 17 heteroatoms. The van der Waals surface area contributed by atoms with Crippen molar-refractivity contribution in [2.24, 2.45) is 5.92 Å². The van der Waals surface area contributed by atoms with E-state index in [1.165, 1.54) is 32.2 Å². The lowest BCUT2D eigenvalue weighted by atomic mass is 9.92. The molecule has 0 aliphatic carbocycles. The minimum Gasteiger partial charge on any atom is -0.505 e. The molecule has 2 aromatic heterocycles. The number of aromatic nitrogens is 2.